The first-order valence-electron chi connectivity index (χ1n) is 8.03. The average molecular weight is 350 g/mol. The highest BCUT2D eigenvalue weighted by atomic mass is 32.1. The molecule has 8 heteroatoms. The molecule has 0 saturated heterocycles. The minimum atomic E-state index is -0.125. The molecule has 4 aromatic heterocycles. The second-order valence-electron chi connectivity index (χ2n) is 5.83. The second-order valence-corrected chi connectivity index (χ2v) is 6.78. The summed E-state index contributed by atoms with van der Waals surface area (Å²) in [5.41, 5.74) is 3.25. The Morgan fingerprint density at radius 1 is 1.08 bits per heavy atom. The van der Waals surface area contributed by atoms with Crippen LogP contribution in [0, 0.1) is 0 Å². The van der Waals surface area contributed by atoms with E-state index in [1.165, 1.54) is 4.68 Å². The van der Waals surface area contributed by atoms with E-state index >= 15 is 0 Å². The zero-order valence-electron chi connectivity index (χ0n) is 13.5. The summed E-state index contributed by atoms with van der Waals surface area (Å²) in [6.07, 6.45) is 0.731. The van der Waals surface area contributed by atoms with Crippen LogP contribution in [0.1, 0.15) is 12.7 Å². The van der Waals surface area contributed by atoms with E-state index in [9.17, 15) is 4.79 Å². The number of aromatic nitrogens is 6. The normalized spacial score (nSPS) is 11.9. The van der Waals surface area contributed by atoms with Crippen LogP contribution >= 0.6 is 11.3 Å². The maximum absolute atomic E-state index is 12.9. The predicted molar refractivity (Wildman–Crippen MR) is 97.1 cm³/mol. The molecule has 5 rings (SSSR count). The van der Waals surface area contributed by atoms with Gasteiger partial charge in [-0.2, -0.15) is 5.10 Å². The zero-order chi connectivity index (χ0) is 17.0. The largest absolute Gasteiger partial charge is 0.292 e. The van der Waals surface area contributed by atoms with Crippen LogP contribution in [0.3, 0.4) is 0 Å². The Bertz CT molecular complexity index is 1290. The summed E-state index contributed by atoms with van der Waals surface area (Å²) in [5.74, 6) is 0.854. The van der Waals surface area contributed by atoms with Gasteiger partial charge in [-0.3, -0.25) is 9.20 Å². The minimum Gasteiger partial charge on any atom is -0.290 e. The van der Waals surface area contributed by atoms with E-state index in [1.807, 2.05) is 53.1 Å². The number of benzene rings is 1. The highest BCUT2D eigenvalue weighted by Crippen LogP contribution is 2.24. The number of nitrogens with zero attached hydrogens (tertiary/aromatic N) is 6. The lowest BCUT2D eigenvalue weighted by molar-refractivity contribution is 0.470. The Hall–Kier alpha value is -3.00. The number of fused-ring (bicyclic) bond motifs is 4. The van der Waals surface area contributed by atoms with Gasteiger partial charge in [0.1, 0.15) is 23.5 Å². The fourth-order valence-corrected chi connectivity index (χ4v) is 4.00. The highest BCUT2D eigenvalue weighted by Gasteiger charge is 2.15. The van der Waals surface area contributed by atoms with Crippen molar-refractivity contribution in [2.75, 3.05) is 0 Å². The molecule has 0 atom stereocenters. The van der Waals surface area contributed by atoms with Gasteiger partial charge < -0.3 is 0 Å². The molecule has 0 saturated carbocycles. The van der Waals surface area contributed by atoms with Crippen molar-refractivity contribution in [2.24, 2.45) is 0 Å². The third kappa shape index (κ3) is 2.04. The lowest BCUT2D eigenvalue weighted by atomic mass is 10.3. The molecular formula is C17H14N6OS. The Labute approximate surface area is 145 Å². The number of hydrogen-bond acceptors (Lipinski definition) is 5. The van der Waals surface area contributed by atoms with Crippen LogP contribution in [0.2, 0.25) is 0 Å². The Kier molecular flexibility index (Phi) is 3.01. The maximum Gasteiger partial charge on any atom is 0.292 e. The van der Waals surface area contributed by atoms with Gasteiger partial charge in [0.25, 0.3) is 5.56 Å². The number of rotatable bonds is 3. The van der Waals surface area contributed by atoms with Crippen molar-refractivity contribution in [1.82, 2.24) is 29.2 Å². The molecule has 25 heavy (non-hydrogen) atoms. The molecule has 0 bridgehead atoms. The van der Waals surface area contributed by atoms with Crippen molar-refractivity contribution >= 4 is 38.1 Å². The highest BCUT2D eigenvalue weighted by molar-refractivity contribution is 7.17. The van der Waals surface area contributed by atoms with Crippen molar-refractivity contribution in [3.8, 4) is 0 Å². The van der Waals surface area contributed by atoms with Gasteiger partial charge >= 0.3 is 0 Å². The molecule has 0 amide bonds. The summed E-state index contributed by atoms with van der Waals surface area (Å²) in [5, 5.41) is 14.9. The molecule has 124 valence electrons. The molecule has 0 fully saturated rings. The van der Waals surface area contributed by atoms with E-state index in [1.54, 1.807) is 16.0 Å². The first-order valence-corrected chi connectivity index (χ1v) is 8.91. The summed E-state index contributed by atoms with van der Waals surface area (Å²) >= 11 is 1.63. The van der Waals surface area contributed by atoms with E-state index in [0.717, 1.165) is 33.5 Å². The molecule has 0 aliphatic heterocycles. The Morgan fingerprint density at radius 2 is 1.96 bits per heavy atom. The topological polar surface area (TPSA) is 70.0 Å². The summed E-state index contributed by atoms with van der Waals surface area (Å²) in [6.45, 7) is 2.28. The standard InChI is InChI=1S/C17H14N6OS/c1-2-16-19-22(10-21-12-6-4-3-5-11(12)18-20-21)17(24)14-9-15-13(23(14)16)7-8-25-15/h3-9H,2,10H2,1H3. The maximum atomic E-state index is 12.9. The molecule has 0 unspecified atom stereocenters. The molecule has 0 aliphatic carbocycles. The first kappa shape index (κ1) is 14.4. The Balaban J connectivity index is 1.73. The van der Waals surface area contributed by atoms with Gasteiger partial charge in [0.2, 0.25) is 0 Å². The van der Waals surface area contributed by atoms with Gasteiger partial charge in [-0.1, -0.05) is 24.3 Å². The van der Waals surface area contributed by atoms with Gasteiger partial charge in [0.15, 0.2) is 0 Å². The first-order chi connectivity index (χ1) is 12.3. The average Bonchev–Trinajstić information content (AvgIpc) is 3.32. The van der Waals surface area contributed by atoms with Crippen LogP contribution in [-0.4, -0.2) is 29.2 Å². The second kappa shape index (κ2) is 5.25. The van der Waals surface area contributed by atoms with Gasteiger partial charge in [0.05, 0.1) is 15.7 Å². The number of aryl methyl sites for hydroxylation is 1. The van der Waals surface area contributed by atoms with Gasteiger partial charge in [-0.15, -0.1) is 16.4 Å². The van der Waals surface area contributed by atoms with Gasteiger partial charge in [-0.25, -0.2) is 9.36 Å². The van der Waals surface area contributed by atoms with E-state index < -0.39 is 0 Å². The van der Waals surface area contributed by atoms with Crippen LogP contribution < -0.4 is 5.56 Å². The molecule has 5 aromatic rings. The van der Waals surface area contributed by atoms with Crippen molar-refractivity contribution in [3.05, 3.63) is 58.0 Å². The summed E-state index contributed by atoms with van der Waals surface area (Å²) in [7, 11) is 0. The van der Waals surface area contributed by atoms with Crippen molar-refractivity contribution < 1.29 is 0 Å². The number of hydrogen-bond donors (Lipinski definition) is 0. The van der Waals surface area contributed by atoms with Crippen LogP contribution in [0.5, 0.6) is 0 Å². The fraction of sp³-hybridized carbons (Fsp3) is 0.176. The lowest BCUT2D eigenvalue weighted by Gasteiger charge is -2.10. The van der Waals surface area contributed by atoms with E-state index in [2.05, 4.69) is 15.4 Å². The van der Waals surface area contributed by atoms with Crippen LogP contribution in [0.15, 0.2) is 46.6 Å². The molecule has 0 N–H and O–H groups in total. The molecule has 0 aliphatic rings. The van der Waals surface area contributed by atoms with Crippen LogP contribution in [0.25, 0.3) is 26.8 Å². The van der Waals surface area contributed by atoms with E-state index in [-0.39, 0.29) is 12.2 Å². The third-order valence-electron chi connectivity index (χ3n) is 4.38. The Morgan fingerprint density at radius 3 is 2.84 bits per heavy atom. The van der Waals surface area contributed by atoms with Crippen molar-refractivity contribution in [1.29, 1.82) is 0 Å². The minimum absolute atomic E-state index is 0.125. The molecule has 4 heterocycles. The number of para-hydroxylation sites is 1. The zero-order valence-corrected chi connectivity index (χ0v) is 14.3. The summed E-state index contributed by atoms with van der Waals surface area (Å²) < 4.78 is 6.23. The number of thiophene rings is 1. The van der Waals surface area contributed by atoms with Crippen molar-refractivity contribution in [2.45, 2.75) is 20.0 Å². The van der Waals surface area contributed by atoms with Crippen LogP contribution in [-0.2, 0) is 13.1 Å². The summed E-state index contributed by atoms with van der Waals surface area (Å²) in [4.78, 5) is 12.9. The van der Waals surface area contributed by atoms with Gasteiger partial charge in [-0.05, 0) is 29.6 Å². The smallest absolute Gasteiger partial charge is 0.290 e. The lowest BCUT2D eigenvalue weighted by Crippen LogP contribution is -2.29. The monoisotopic (exact) mass is 350 g/mol. The molecule has 7 nitrogen and oxygen atoms in total. The summed E-state index contributed by atoms with van der Waals surface area (Å²) in [6, 6.07) is 11.7. The fourth-order valence-electron chi connectivity index (χ4n) is 3.20. The van der Waals surface area contributed by atoms with E-state index in [4.69, 9.17) is 0 Å². The molecule has 0 spiro atoms. The third-order valence-corrected chi connectivity index (χ3v) is 5.23. The van der Waals surface area contributed by atoms with Crippen molar-refractivity contribution in [3.63, 3.8) is 0 Å². The molecule has 1 aromatic carbocycles. The SMILES string of the molecule is CCc1nn(Cn2nnc3ccccc32)c(=O)c2cc3sccc3n12. The van der Waals surface area contributed by atoms with Crippen LogP contribution in [0.4, 0.5) is 0 Å². The van der Waals surface area contributed by atoms with Gasteiger partial charge in [0, 0.05) is 6.42 Å². The molecular weight excluding hydrogens is 336 g/mol. The predicted octanol–water partition coefficient (Wildman–Crippen LogP) is 2.52. The van der Waals surface area contributed by atoms with E-state index in [0.29, 0.717) is 5.52 Å². The quantitative estimate of drug-likeness (QED) is 0.501. The molecule has 0 radical (unpaired) electrons.